The Bertz CT molecular complexity index is 748. The first-order chi connectivity index (χ1) is 16.5. The molecule has 0 bridgehead atoms. The largest absolute Gasteiger partial charge is 0.480 e. The molecular weight excluding hydrogens is 466 g/mol. The van der Waals surface area contributed by atoms with E-state index in [1.165, 1.54) is 11.3 Å². The van der Waals surface area contributed by atoms with Crippen molar-refractivity contribution in [2.45, 2.75) is 116 Å². The smallest absolute Gasteiger partial charge is 0.408 e. The lowest BCUT2D eigenvalue weighted by Gasteiger charge is -2.31. The third-order valence-corrected chi connectivity index (χ3v) is 6.01. The zero-order chi connectivity index (χ0) is 27.7. The monoisotopic (exact) mass is 513 g/mol. The molecule has 2 aliphatic rings. The minimum absolute atomic E-state index is 0.0715. The second kappa shape index (κ2) is 13.7. The highest BCUT2D eigenvalue weighted by Crippen LogP contribution is 2.31. The number of carboxylic acids is 1. The summed E-state index contributed by atoms with van der Waals surface area (Å²) in [5, 5.41) is 14.1. The number of likely N-dealkylation sites (N-methyl/N-ethyl adjacent to an activating group) is 1. The van der Waals surface area contributed by atoms with E-state index in [4.69, 9.17) is 14.6 Å². The van der Waals surface area contributed by atoms with Crippen LogP contribution in [0.25, 0.3) is 0 Å². The molecule has 0 spiro atoms. The van der Waals surface area contributed by atoms with Crippen LogP contribution in [-0.2, 0) is 19.1 Å². The average Bonchev–Trinajstić information content (AvgIpc) is 2.62. The van der Waals surface area contributed by atoms with E-state index >= 15 is 0 Å². The summed E-state index contributed by atoms with van der Waals surface area (Å²) >= 11 is 0. The van der Waals surface area contributed by atoms with Crippen molar-refractivity contribution in [3.63, 3.8) is 0 Å². The van der Waals surface area contributed by atoms with E-state index < -0.39 is 41.4 Å². The van der Waals surface area contributed by atoms with Gasteiger partial charge in [0.15, 0.2) is 0 Å². The molecule has 10 heteroatoms. The van der Waals surface area contributed by atoms with Crippen molar-refractivity contribution in [3.8, 4) is 0 Å². The second-order valence-corrected chi connectivity index (χ2v) is 12.0. The van der Waals surface area contributed by atoms with Crippen molar-refractivity contribution in [3.05, 3.63) is 0 Å². The molecule has 0 radical (unpaired) electrons. The van der Waals surface area contributed by atoms with E-state index in [2.05, 4.69) is 10.6 Å². The summed E-state index contributed by atoms with van der Waals surface area (Å²) in [7, 11) is 3.40. The van der Waals surface area contributed by atoms with Crippen LogP contribution in [0.1, 0.15) is 92.9 Å². The Morgan fingerprint density at radius 1 is 0.778 bits per heavy atom. The normalized spacial score (nSPS) is 17.7. The molecule has 0 aromatic rings. The lowest BCUT2D eigenvalue weighted by atomic mass is 9.80. The minimum Gasteiger partial charge on any atom is -0.480 e. The van der Waals surface area contributed by atoms with E-state index in [1.807, 2.05) is 0 Å². The van der Waals surface area contributed by atoms with Crippen molar-refractivity contribution in [2.24, 2.45) is 11.8 Å². The van der Waals surface area contributed by atoms with Gasteiger partial charge in [0.1, 0.15) is 23.3 Å². The van der Waals surface area contributed by atoms with E-state index in [9.17, 15) is 19.2 Å². The van der Waals surface area contributed by atoms with Gasteiger partial charge >= 0.3 is 18.2 Å². The Kier molecular flexibility index (Phi) is 12.0. The van der Waals surface area contributed by atoms with Crippen LogP contribution in [0.3, 0.4) is 0 Å². The molecule has 0 aliphatic heterocycles. The molecule has 36 heavy (non-hydrogen) atoms. The average molecular weight is 514 g/mol. The van der Waals surface area contributed by atoms with Crippen LogP contribution in [0.5, 0.6) is 0 Å². The summed E-state index contributed by atoms with van der Waals surface area (Å²) in [6.45, 7) is 10.7. The molecule has 2 saturated carbocycles. The fourth-order valence-corrected chi connectivity index (χ4v) is 3.78. The Balaban J connectivity index is 0.000000362. The van der Waals surface area contributed by atoms with E-state index in [-0.39, 0.29) is 5.91 Å². The number of nitrogens with one attached hydrogen (secondary N) is 2. The Hall–Kier alpha value is -2.52. The first-order valence-electron chi connectivity index (χ1n) is 12.9. The maximum atomic E-state index is 12.1. The van der Waals surface area contributed by atoms with Crippen LogP contribution in [0.15, 0.2) is 0 Å². The van der Waals surface area contributed by atoms with Gasteiger partial charge in [-0.25, -0.2) is 14.4 Å². The molecule has 2 atom stereocenters. The third kappa shape index (κ3) is 13.0. The molecule has 2 fully saturated rings. The van der Waals surface area contributed by atoms with Gasteiger partial charge in [0.25, 0.3) is 0 Å². The summed E-state index contributed by atoms with van der Waals surface area (Å²) in [5.41, 5.74) is -1.16. The standard InChI is InChI=1S/C14H26N2O3.C12H21NO4/c1-14(2,3)19-13(18)15-11(12(17)16(4)5)9-10-7-6-8-10;1-12(2,3)17-11(16)13-9(10(14)15)7-8-5-4-6-8/h10-11H,6-9H2,1-5H3,(H,15,18);8-9H,4-7H2,1-3H3,(H,13,16)(H,14,15). The van der Waals surface area contributed by atoms with Crippen LogP contribution in [0, 0.1) is 11.8 Å². The van der Waals surface area contributed by atoms with Crippen LogP contribution < -0.4 is 10.6 Å². The lowest BCUT2D eigenvalue weighted by molar-refractivity contribution is -0.140. The molecule has 0 aromatic heterocycles. The number of carbonyl (C=O) groups is 4. The van der Waals surface area contributed by atoms with Crippen LogP contribution in [-0.4, -0.2) is 71.5 Å². The number of nitrogens with zero attached hydrogens (tertiary/aromatic N) is 1. The molecular formula is C26H47N3O7. The first-order valence-corrected chi connectivity index (χ1v) is 12.9. The van der Waals surface area contributed by atoms with Crippen molar-refractivity contribution in [2.75, 3.05) is 14.1 Å². The Labute approximate surface area is 215 Å². The minimum atomic E-state index is -0.997. The van der Waals surface area contributed by atoms with Gasteiger partial charge < -0.3 is 30.1 Å². The van der Waals surface area contributed by atoms with Gasteiger partial charge in [0.05, 0.1) is 0 Å². The first kappa shape index (κ1) is 31.5. The number of hydrogen-bond acceptors (Lipinski definition) is 6. The molecule has 0 aromatic carbocycles. The Morgan fingerprint density at radius 2 is 1.14 bits per heavy atom. The molecule has 0 heterocycles. The number of carboxylic acid groups (broad SMARTS) is 1. The zero-order valence-electron chi connectivity index (χ0n) is 23.3. The molecule has 0 saturated heterocycles. The van der Waals surface area contributed by atoms with E-state index in [1.54, 1.807) is 55.6 Å². The Morgan fingerprint density at radius 3 is 1.42 bits per heavy atom. The highest BCUT2D eigenvalue weighted by atomic mass is 16.6. The summed E-state index contributed by atoms with van der Waals surface area (Å²) in [5.74, 6) is -0.101. The molecule has 2 unspecified atom stereocenters. The predicted molar refractivity (Wildman–Crippen MR) is 137 cm³/mol. The number of hydrogen-bond donors (Lipinski definition) is 3. The van der Waals surface area contributed by atoms with E-state index in [0.29, 0.717) is 24.7 Å². The van der Waals surface area contributed by atoms with Crippen molar-refractivity contribution in [1.29, 1.82) is 0 Å². The van der Waals surface area contributed by atoms with Crippen molar-refractivity contribution in [1.82, 2.24) is 15.5 Å². The predicted octanol–water partition coefficient (Wildman–Crippen LogP) is 4.31. The lowest BCUT2D eigenvalue weighted by Crippen LogP contribution is -2.49. The molecule has 10 nitrogen and oxygen atoms in total. The number of carbonyl (C=O) groups excluding carboxylic acids is 3. The summed E-state index contributed by atoms with van der Waals surface area (Å²) in [4.78, 5) is 47.8. The number of ether oxygens (including phenoxy) is 2. The maximum absolute atomic E-state index is 12.1. The molecule has 208 valence electrons. The molecule has 2 aliphatic carbocycles. The van der Waals surface area contributed by atoms with Gasteiger partial charge in [-0.1, -0.05) is 38.5 Å². The molecule has 3 amide bonds. The van der Waals surface area contributed by atoms with Crippen molar-refractivity contribution >= 4 is 24.1 Å². The molecule has 2 rings (SSSR count). The number of alkyl carbamates (subject to hydrolysis) is 2. The summed E-state index contributed by atoms with van der Waals surface area (Å²) in [6, 6.07) is -1.31. The second-order valence-electron chi connectivity index (χ2n) is 12.0. The van der Waals surface area contributed by atoms with Gasteiger partial charge in [0.2, 0.25) is 5.91 Å². The maximum Gasteiger partial charge on any atom is 0.408 e. The fourth-order valence-electron chi connectivity index (χ4n) is 3.78. The van der Waals surface area contributed by atoms with Gasteiger partial charge in [-0.3, -0.25) is 4.79 Å². The van der Waals surface area contributed by atoms with Crippen molar-refractivity contribution < 1.29 is 33.8 Å². The fraction of sp³-hybridized carbons (Fsp3) is 0.846. The molecule has 3 N–H and O–H groups in total. The number of aliphatic carboxylic acids is 1. The number of rotatable bonds is 8. The van der Waals surface area contributed by atoms with Crippen LogP contribution >= 0.6 is 0 Å². The highest BCUT2D eigenvalue weighted by Gasteiger charge is 2.31. The summed E-state index contributed by atoms with van der Waals surface area (Å²) in [6.07, 6.45) is 6.80. The van der Waals surface area contributed by atoms with Gasteiger partial charge in [0, 0.05) is 14.1 Å². The van der Waals surface area contributed by atoms with Gasteiger partial charge in [-0.15, -0.1) is 0 Å². The van der Waals surface area contributed by atoms with E-state index in [0.717, 1.165) is 32.1 Å². The highest BCUT2D eigenvalue weighted by molar-refractivity contribution is 5.85. The van der Waals surface area contributed by atoms with Crippen LogP contribution in [0.2, 0.25) is 0 Å². The zero-order valence-corrected chi connectivity index (χ0v) is 23.3. The summed E-state index contributed by atoms with van der Waals surface area (Å²) < 4.78 is 10.2. The topological polar surface area (TPSA) is 134 Å². The van der Waals surface area contributed by atoms with Gasteiger partial charge in [-0.2, -0.15) is 0 Å². The SMILES string of the molecule is CC(C)(C)OC(=O)NC(CC1CCC1)C(=O)O.CN(C)C(=O)C(CC1CCC1)NC(=O)OC(C)(C)C. The third-order valence-electron chi connectivity index (χ3n) is 6.01. The van der Waals surface area contributed by atoms with Crippen LogP contribution in [0.4, 0.5) is 9.59 Å². The number of amides is 3. The quantitative estimate of drug-likeness (QED) is 0.440. The van der Waals surface area contributed by atoms with Gasteiger partial charge in [-0.05, 0) is 66.2 Å².